The second-order valence-electron chi connectivity index (χ2n) is 8.86. The average Bonchev–Trinajstić information content (AvgIpc) is 2.86. The SMILES string of the molecule is CCC(CC)C(=O)Nc1ccc(N2CCN(C(C(=O)N(C)CC)c3ccccc3)CC2)cc1F. The Balaban J connectivity index is 1.69. The number of rotatable bonds is 9. The Morgan fingerprint density at radius 1 is 1.00 bits per heavy atom. The molecular formula is C27H37FN4O2. The number of nitrogens with zero attached hydrogens (tertiary/aromatic N) is 3. The first-order valence-corrected chi connectivity index (χ1v) is 12.3. The number of hydrogen-bond acceptors (Lipinski definition) is 4. The summed E-state index contributed by atoms with van der Waals surface area (Å²) in [5.41, 5.74) is 1.99. The fourth-order valence-electron chi connectivity index (χ4n) is 4.44. The summed E-state index contributed by atoms with van der Waals surface area (Å²) in [5, 5.41) is 2.73. The number of likely N-dealkylation sites (N-methyl/N-ethyl adjacent to an activating group) is 1. The van der Waals surface area contributed by atoms with E-state index >= 15 is 0 Å². The zero-order valence-corrected chi connectivity index (χ0v) is 20.8. The van der Waals surface area contributed by atoms with Gasteiger partial charge in [0.15, 0.2) is 0 Å². The Kier molecular flexibility index (Phi) is 9.05. The Morgan fingerprint density at radius 2 is 1.65 bits per heavy atom. The molecule has 1 aliphatic heterocycles. The van der Waals surface area contributed by atoms with E-state index in [1.807, 2.05) is 64.2 Å². The number of nitrogens with one attached hydrogen (secondary N) is 1. The van der Waals surface area contributed by atoms with Crippen LogP contribution in [0.3, 0.4) is 0 Å². The van der Waals surface area contributed by atoms with Gasteiger partial charge in [0.05, 0.1) is 5.69 Å². The summed E-state index contributed by atoms with van der Waals surface area (Å²) < 4.78 is 14.8. The number of benzene rings is 2. The van der Waals surface area contributed by atoms with Crippen LogP contribution < -0.4 is 10.2 Å². The highest BCUT2D eigenvalue weighted by Crippen LogP contribution is 2.28. The van der Waals surface area contributed by atoms with E-state index in [-0.39, 0.29) is 29.5 Å². The van der Waals surface area contributed by atoms with Crippen molar-refractivity contribution in [3.63, 3.8) is 0 Å². The molecule has 0 aliphatic carbocycles. The summed E-state index contributed by atoms with van der Waals surface area (Å²) in [6.07, 6.45) is 1.46. The van der Waals surface area contributed by atoms with E-state index in [9.17, 15) is 14.0 Å². The molecule has 0 aromatic heterocycles. The van der Waals surface area contributed by atoms with Crippen molar-refractivity contribution >= 4 is 23.2 Å². The second-order valence-corrected chi connectivity index (χ2v) is 8.86. The molecular weight excluding hydrogens is 431 g/mol. The summed E-state index contributed by atoms with van der Waals surface area (Å²) in [6.45, 7) is 9.31. The lowest BCUT2D eigenvalue weighted by Gasteiger charge is -2.40. The van der Waals surface area contributed by atoms with E-state index in [1.165, 1.54) is 6.07 Å². The Bertz CT molecular complexity index is 956. The maximum atomic E-state index is 14.8. The lowest BCUT2D eigenvalue weighted by Crippen LogP contribution is -2.51. The topological polar surface area (TPSA) is 55.9 Å². The molecule has 1 atom stereocenters. The smallest absolute Gasteiger partial charge is 0.244 e. The normalized spacial score (nSPS) is 15.3. The Morgan fingerprint density at radius 3 is 2.21 bits per heavy atom. The van der Waals surface area contributed by atoms with E-state index in [1.54, 1.807) is 11.0 Å². The number of carbonyl (C=O) groups excluding carboxylic acids is 2. The number of hydrogen-bond donors (Lipinski definition) is 1. The van der Waals surface area contributed by atoms with Gasteiger partial charge in [-0.15, -0.1) is 0 Å². The summed E-state index contributed by atoms with van der Waals surface area (Å²) in [7, 11) is 1.83. The van der Waals surface area contributed by atoms with Gasteiger partial charge in [0.2, 0.25) is 11.8 Å². The third-order valence-electron chi connectivity index (χ3n) is 6.81. The van der Waals surface area contributed by atoms with Crippen molar-refractivity contribution in [2.45, 2.75) is 39.7 Å². The minimum absolute atomic E-state index is 0.0887. The molecule has 1 unspecified atom stereocenters. The molecule has 184 valence electrons. The first-order valence-electron chi connectivity index (χ1n) is 12.3. The summed E-state index contributed by atoms with van der Waals surface area (Å²) in [5.74, 6) is -0.593. The molecule has 6 nitrogen and oxygen atoms in total. The molecule has 0 radical (unpaired) electrons. The van der Waals surface area contributed by atoms with Gasteiger partial charge in [0, 0.05) is 51.4 Å². The highest BCUT2D eigenvalue weighted by atomic mass is 19.1. The third-order valence-corrected chi connectivity index (χ3v) is 6.81. The van der Waals surface area contributed by atoms with Gasteiger partial charge in [0.1, 0.15) is 11.9 Å². The highest BCUT2D eigenvalue weighted by Gasteiger charge is 2.32. The van der Waals surface area contributed by atoms with Gasteiger partial charge in [0.25, 0.3) is 0 Å². The van der Waals surface area contributed by atoms with Crippen LogP contribution in [0.15, 0.2) is 48.5 Å². The third kappa shape index (κ3) is 5.95. The molecule has 1 fully saturated rings. The molecule has 0 spiro atoms. The number of carbonyl (C=O) groups is 2. The van der Waals surface area contributed by atoms with Crippen LogP contribution in [0, 0.1) is 11.7 Å². The predicted molar refractivity (Wildman–Crippen MR) is 135 cm³/mol. The molecule has 3 rings (SSSR count). The van der Waals surface area contributed by atoms with Gasteiger partial charge in [-0.3, -0.25) is 14.5 Å². The van der Waals surface area contributed by atoms with Gasteiger partial charge in [-0.05, 0) is 43.5 Å². The van der Waals surface area contributed by atoms with E-state index in [4.69, 9.17) is 0 Å². The van der Waals surface area contributed by atoms with Crippen LogP contribution in [0.25, 0.3) is 0 Å². The predicted octanol–water partition coefficient (Wildman–Crippen LogP) is 4.54. The number of anilines is 2. The van der Waals surface area contributed by atoms with Crippen molar-refractivity contribution in [2.24, 2.45) is 5.92 Å². The second kappa shape index (κ2) is 12.0. The monoisotopic (exact) mass is 468 g/mol. The molecule has 1 saturated heterocycles. The van der Waals surface area contributed by atoms with E-state index in [0.717, 1.165) is 24.1 Å². The molecule has 0 saturated carbocycles. The number of amides is 2. The maximum Gasteiger partial charge on any atom is 0.244 e. The molecule has 2 amide bonds. The van der Waals surface area contributed by atoms with Crippen molar-refractivity contribution in [3.05, 3.63) is 59.9 Å². The van der Waals surface area contributed by atoms with Crippen molar-refractivity contribution in [1.82, 2.24) is 9.80 Å². The van der Waals surface area contributed by atoms with Crippen LogP contribution in [0.4, 0.5) is 15.8 Å². The van der Waals surface area contributed by atoms with Gasteiger partial charge < -0.3 is 15.1 Å². The quantitative estimate of drug-likeness (QED) is 0.587. The van der Waals surface area contributed by atoms with Gasteiger partial charge in [-0.25, -0.2) is 4.39 Å². The van der Waals surface area contributed by atoms with E-state index in [2.05, 4.69) is 15.1 Å². The average molecular weight is 469 g/mol. The lowest BCUT2D eigenvalue weighted by atomic mass is 10.0. The Hall–Kier alpha value is -2.93. The minimum atomic E-state index is -0.429. The van der Waals surface area contributed by atoms with Crippen molar-refractivity contribution < 1.29 is 14.0 Å². The number of halogens is 1. The molecule has 1 N–H and O–H groups in total. The summed E-state index contributed by atoms with van der Waals surface area (Å²) in [4.78, 5) is 31.6. The minimum Gasteiger partial charge on any atom is -0.369 e. The molecule has 1 aliphatic rings. The van der Waals surface area contributed by atoms with Crippen molar-refractivity contribution in [2.75, 3.05) is 50.0 Å². The fraction of sp³-hybridized carbons (Fsp3) is 0.481. The molecule has 1 heterocycles. The van der Waals surface area contributed by atoms with Crippen molar-refractivity contribution in [3.8, 4) is 0 Å². The van der Waals surface area contributed by atoms with Crippen LogP contribution in [0.2, 0.25) is 0 Å². The molecule has 7 heteroatoms. The molecule has 0 bridgehead atoms. The number of piperazine rings is 1. The van der Waals surface area contributed by atoms with Crippen LogP contribution in [0.1, 0.15) is 45.2 Å². The lowest BCUT2D eigenvalue weighted by molar-refractivity contribution is -0.136. The first kappa shape index (κ1) is 25.7. The van der Waals surface area contributed by atoms with Crippen LogP contribution in [-0.4, -0.2) is 61.4 Å². The van der Waals surface area contributed by atoms with Crippen molar-refractivity contribution in [1.29, 1.82) is 0 Å². The largest absolute Gasteiger partial charge is 0.369 e. The van der Waals surface area contributed by atoms with Gasteiger partial charge >= 0.3 is 0 Å². The highest BCUT2D eigenvalue weighted by molar-refractivity contribution is 5.92. The summed E-state index contributed by atoms with van der Waals surface area (Å²) in [6, 6.07) is 14.5. The maximum absolute atomic E-state index is 14.8. The Labute approximate surface area is 202 Å². The van der Waals surface area contributed by atoms with E-state index in [0.29, 0.717) is 32.7 Å². The summed E-state index contributed by atoms with van der Waals surface area (Å²) >= 11 is 0. The standard InChI is InChI=1S/C27H37FN4O2/c1-5-20(6-2)26(33)29-24-14-13-22(19-23(24)28)31-15-17-32(18-16-31)25(27(34)30(4)7-3)21-11-9-8-10-12-21/h8-14,19-20,25H,5-7,15-18H2,1-4H3,(H,29,33). The van der Waals surface area contributed by atoms with Gasteiger partial charge in [-0.2, -0.15) is 0 Å². The fourth-order valence-corrected chi connectivity index (χ4v) is 4.44. The molecule has 2 aromatic carbocycles. The van der Waals surface area contributed by atoms with Gasteiger partial charge in [-0.1, -0.05) is 44.2 Å². The van der Waals surface area contributed by atoms with Crippen LogP contribution in [-0.2, 0) is 9.59 Å². The zero-order valence-electron chi connectivity index (χ0n) is 20.8. The first-order chi connectivity index (χ1) is 16.4. The van der Waals surface area contributed by atoms with Crippen LogP contribution >= 0.6 is 0 Å². The molecule has 2 aromatic rings. The van der Waals surface area contributed by atoms with Crippen LogP contribution in [0.5, 0.6) is 0 Å². The van der Waals surface area contributed by atoms with E-state index < -0.39 is 5.82 Å². The zero-order chi connectivity index (χ0) is 24.7. The molecule has 34 heavy (non-hydrogen) atoms.